The van der Waals surface area contributed by atoms with Crippen LogP contribution < -0.4 is 10.6 Å². The molecule has 0 spiro atoms. The Morgan fingerprint density at radius 3 is 2.81 bits per heavy atom. The van der Waals surface area contributed by atoms with Gasteiger partial charge in [-0.2, -0.15) is 5.10 Å². The summed E-state index contributed by atoms with van der Waals surface area (Å²) in [5.74, 6) is 0.519. The maximum atomic E-state index is 12.3. The Bertz CT molecular complexity index is 749. The van der Waals surface area contributed by atoms with E-state index >= 15 is 0 Å². The van der Waals surface area contributed by atoms with E-state index in [4.69, 9.17) is 0 Å². The van der Waals surface area contributed by atoms with Crippen molar-refractivity contribution in [3.8, 4) is 0 Å². The highest BCUT2D eigenvalue weighted by atomic mass is 16.2. The second kappa shape index (κ2) is 8.80. The zero-order valence-electron chi connectivity index (χ0n) is 15.3. The Kier molecular flexibility index (Phi) is 6.22. The molecule has 1 aliphatic heterocycles. The normalized spacial score (nSPS) is 15.3. The Labute approximate surface area is 153 Å². The number of nitrogens with zero attached hydrogens (tertiary/aromatic N) is 2. The van der Waals surface area contributed by atoms with Crippen LogP contribution in [0, 0.1) is 5.92 Å². The number of rotatable bonds is 7. The molecule has 2 aromatic rings. The summed E-state index contributed by atoms with van der Waals surface area (Å²) in [4.78, 5) is 26.5. The number of aromatic nitrogens is 2. The lowest BCUT2D eigenvalue weighted by Crippen LogP contribution is -2.41. The molecule has 1 fully saturated rings. The van der Waals surface area contributed by atoms with Gasteiger partial charge >= 0.3 is 0 Å². The van der Waals surface area contributed by atoms with Gasteiger partial charge in [-0.1, -0.05) is 25.1 Å². The fourth-order valence-corrected chi connectivity index (χ4v) is 3.40. The van der Waals surface area contributed by atoms with Crippen molar-refractivity contribution in [2.45, 2.75) is 26.2 Å². The highest BCUT2D eigenvalue weighted by Gasteiger charge is 2.22. The van der Waals surface area contributed by atoms with Gasteiger partial charge in [0, 0.05) is 31.4 Å². The predicted octanol–water partition coefficient (Wildman–Crippen LogP) is 1.53. The maximum absolute atomic E-state index is 12.3. The van der Waals surface area contributed by atoms with Crippen LogP contribution in [0.3, 0.4) is 0 Å². The van der Waals surface area contributed by atoms with Crippen molar-refractivity contribution in [3.63, 3.8) is 0 Å². The van der Waals surface area contributed by atoms with Crippen LogP contribution >= 0.6 is 0 Å². The minimum atomic E-state index is -0.250. The van der Waals surface area contributed by atoms with Crippen LogP contribution in [-0.4, -0.2) is 59.6 Å². The lowest BCUT2D eigenvalue weighted by Gasteiger charge is -2.32. The molecule has 2 heterocycles. The number of nitrogens with one attached hydrogen (secondary N) is 3. The molecule has 0 aliphatic carbocycles. The summed E-state index contributed by atoms with van der Waals surface area (Å²) in [5, 5.41) is 13.9. The van der Waals surface area contributed by atoms with Gasteiger partial charge in [-0.25, -0.2) is 0 Å². The first-order valence-electron chi connectivity index (χ1n) is 9.38. The number of hydrogen-bond acceptors (Lipinski definition) is 4. The maximum Gasteiger partial charge on any atom is 0.272 e. The highest BCUT2D eigenvalue weighted by Crippen LogP contribution is 2.17. The van der Waals surface area contributed by atoms with E-state index < -0.39 is 0 Å². The third-order valence-electron chi connectivity index (χ3n) is 4.96. The summed E-state index contributed by atoms with van der Waals surface area (Å²) in [6.45, 7) is 6.09. The van der Waals surface area contributed by atoms with Gasteiger partial charge in [0.25, 0.3) is 5.91 Å². The number of fused-ring (bicyclic) bond motifs is 1. The topological polar surface area (TPSA) is 90.1 Å². The fraction of sp³-hybridized carbons (Fsp3) is 0.526. The van der Waals surface area contributed by atoms with Crippen molar-refractivity contribution in [2.75, 3.05) is 32.7 Å². The summed E-state index contributed by atoms with van der Waals surface area (Å²) in [6, 6.07) is 7.50. The van der Waals surface area contributed by atoms with Crippen molar-refractivity contribution in [2.24, 2.45) is 5.92 Å². The number of carbonyl (C=O) groups is 2. The number of H-pyrrole nitrogens is 1. The van der Waals surface area contributed by atoms with Crippen molar-refractivity contribution >= 4 is 22.7 Å². The van der Waals surface area contributed by atoms with E-state index in [1.807, 2.05) is 29.2 Å². The molecule has 1 aliphatic rings. The van der Waals surface area contributed by atoms with Crippen molar-refractivity contribution in [3.05, 3.63) is 30.0 Å². The molecule has 3 N–H and O–H groups in total. The largest absolute Gasteiger partial charge is 0.350 e. The second-order valence-electron chi connectivity index (χ2n) is 6.76. The molecule has 0 saturated carbocycles. The molecule has 1 saturated heterocycles. The summed E-state index contributed by atoms with van der Waals surface area (Å²) < 4.78 is 0. The first-order chi connectivity index (χ1) is 12.7. The van der Waals surface area contributed by atoms with E-state index in [9.17, 15) is 9.59 Å². The quantitative estimate of drug-likeness (QED) is 0.701. The van der Waals surface area contributed by atoms with Crippen LogP contribution in [0.25, 0.3) is 10.9 Å². The molecule has 1 aromatic heterocycles. The Balaban J connectivity index is 1.42. The van der Waals surface area contributed by atoms with Gasteiger partial charge in [0.2, 0.25) is 5.91 Å². The van der Waals surface area contributed by atoms with Crippen LogP contribution in [0.5, 0.6) is 0 Å². The van der Waals surface area contributed by atoms with Crippen LogP contribution in [0.1, 0.15) is 36.7 Å². The number of hydrogen-bond donors (Lipinski definition) is 3. The first-order valence-corrected chi connectivity index (χ1v) is 9.38. The van der Waals surface area contributed by atoms with Gasteiger partial charge in [0.05, 0.1) is 5.52 Å². The molecule has 7 heteroatoms. The molecule has 2 amide bonds. The van der Waals surface area contributed by atoms with E-state index in [2.05, 4.69) is 27.8 Å². The molecule has 7 nitrogen and oxygen atoms in total. The Morgan fingerprint density at radius 2 is 2.04 bits per heavy atom. The van der Waals surface area contributed by atoms with E-state index in [1.165, 1.54) is 0 Å². The summed E-state index contributed by atoms with van der Waals surface area (Å²) in [6.07, 6.45) is 2.42. The monoisotopic (exact) mass is 357 g/mol. The lowest BCUT2D eigenvalue weighted by atomic mass is 9.96. The number of aromatic amines is 1. The van der Waals surface area contributed by atoms with E-state index in [0.29, 0.717) is 24.6 Å². The van der Waals surface area contributed by atoms with Crippen LogP contribution in [0.15, 0.2) is 24.3 Å². The highest BCUT2D eigenvalue weighted by molar-refractivity contribution is 6.04. The molecule has 0 radical (unpaired) electrons. The number of likely N-dealkylation sites (tertiary alicyclic amines) is 1. The van der Waals surface area contributed by atoms with Gasteiger partial charge in [-0.3, -0.25) is 14.7 Å². The lowest BCUT2D eigenvalue weighted by molar-refractivity contribution is -0.132. The van der Waals surface area contributed by atoms with Gasteiger partial charge in [-0.15, -0.1) is 0 Å². The third kappa shape index (κ3) is 4.40. The molecular formula is C19H27N5O2. The fourth-order valence-electron chi connectivity index (χ4n) is 3.40. The minimum Gasteiger partial charge on any atom is -0.350 e. The van der Waals surface area contributed by atoms with Crippen molar-refractivity contribution < 1.29 is 9.59 Å². The summed E-state index contributed by atoms with van der Waals surface area (Å²) in [5.41, 5.74) is 1.20. The van der Waals surface area contributed by atoms with Gasteiger partial charge in [-0.05, 0) is 37.9 Å². The standard InChI is InChI=1S/C19H27N5O2/c1-2-20-13-14-8-11-24(12-9-14)17(25)7-10-21-19(26)18-15-5-3-4-6-16(15)22-23-18/h3-6,14,20H,2,7-13H2,1H3,(H,21,26)(H,22,23). The van der Waals surface area contributed by atoms with Crippen LogP contribution in [0.2, 0.25) is 0 Å². The molecule has 0 atom stereocenters. The minimum absolute atomic E-state index is 0.110. The average molecular weight is 357 g/mol. The van der Waals surface area contributed by atoms with Crippen molar-refractivity contribution in [1.82, 2.24) is 25.7 Å². The van der Waals surface area contributed by atoms with Crippen LogP contribution in [0.4, 0.5) is 0 Å². The van der Waals surface area contributed by atoms with Crippen molar-refractivity contribution in [1.29, 1.82) is 0 Å². The Morgan fingerprint density at radius 1 is 1.27 bits per heavy atom. The second-order valence-corrected chi connectivity index (χ2v) is 6.76. The van der Waals surface area contributed by atoms with E-state index in [1.54, 1.807) is 0 Å². The molecule has 0 unspecified atom stereocenters. The first kappa shape index (κ1) is 18.4. The van der Waals surface area contributed by atoms with E-state index in [-0.39, 0.29) is 11.8 Å². The number of carbonyl (C=O) groups excluding carboxylic acids is 2. The number of para-hydroxylation sites is 1. The van der Waals surface area contributed by atoms with Gasteiger partial charge in [0.15, 0.2) is 5.69 Å². The molecule has 3 rings (SSSR count). The predicted molar refractivity (Wildman–Crippen MR) is 101 cm³/mol. The molecule has 1 aromatic carbocycles. The van der Waals surface area contributed by atoms with E-state index in [0.717, 1.165) is 49.9 Å². The molecule has 140 valence electrons. The number of benzene rings is 1. The van der Waals surface area contributed by atoms with Crippen LogP contribution in [-0.2, 0) is 4.79 Å². The Hall–Kier alpha value is -2.41. The number of amides is 2. The number of piperidine rings is 1. The smallest absolute Gasteiger partial charge is 0.272 e. The van der Waals surface area contributed by atoms with Gasteiger partial charge < -0.3 is 15.5 Å². The zero-order chi connectivity index (χ0) is 18.4. The summed E-state index contributed by atoms with van der Waals surface area (Å²) >= 11 is 0. The molecule has 0 bridgehead atoms. The average Bonchev–Trinajstić information content (AvgIpc) is 3.11. The van der Waals surface area contributed by atoms with Gasteiger partial charge in [0.1, 0.15) is 0 Å². The summed E-state index contributed by atoms with van der Waals surface area (Å²) in [7, 11) is 0. The third-order valence-corrected chi connectivity index (χ3v) is 4.96. The SMILES string of the molecule is CCNCC1CCN(C(=O)CCNC(=O)c2n[nH]c3ccccc23)CC1. The molecule has 26 heavy (non-hydrogen) atoms. The zero-order valence-corrected chi connectivity index (χ0v) is 15.3. The molecular weight excluding hydrogens is 330 g/mol.